The van der Waals surface area contributed by atoms with Crippen molar-refractivity contribution in [3.63, 3.8) is 0 Å². The minimum atomic E-state index is -4.70. The van der Waals surface area contributed by atoms with E-state index in [-0.39, 0.29) is 34.7 Å². The van der Waals surface area contributed by atoms with E-state index >= 15 is 0 Å². The molecule has 13 heteroatoms. The van der Waals surface area contributed by atoms with Crippen LogP contribution in [0.1, 0.15) is 31.0 Å². The van der Waals surface area contributed by atoms with E-state index < -0.39 is 11.7 Å². The summed E-state index contributed by atoms with van der Waals surface area (Å²) in [5, 5.41) is 27.4. The molecular weight excluding hydrogens is 451 g/mol. The van der Waals surface area contributed by atoms with Crippen molar-refractivity contribution in [1.29, 1.82) is 5.26 Å². The number of halogens is 3. The highest BCUT2D eigenvalue weighted by atomic mass is 19.4. The number of piperidine rings is 1. The lowest BCUT2D eigenvalue weighted by Gasteiger charge is -2.24. The van der Waals surface area contributed by atoms with Gasteiger partial charge in [-0.05, 0) is 38.4 Å². The van der Waals surface area contributed by atoms with E-state index in [4.69, 9.17) is 4.74 Å². The molecule has 0 bridgehead atoms. The molecule has 1 saturated heterocycles. The first kappa shape index (κ1) is 21.9. The second kappa shape index (κ2) is 8.45. The lowest BCUT2D eigenvalue weighted by Crippen LogP contribution is -2.38. The molecular formula is C21H20F3N9O. The molecule has 1 fully saturated rings. The molecule has 4 aromatic rings. The van der Waals surface area contributed by atoms with E-state index in [1.165, 1.54) is 4.52 Å². The molecule has 1 aliphatic rings. The third-order valence-electron chi connectivity index (χ3n) is 5.62. The number of alkyl halides is 3. The van der Waals surface area contributed by atoms with E-state index in [9.17, 15) is 18.4 Å². The number of hydrogen-bond acceptors (Lipinski definition) is 8. The fourth-order valence-corrected chi connectivity index (χ4v) is 4.11. The summed E-state index contributed by atoms with van der Waals surface area (Å²) in [5.74, 6) is 0.406. The summed E-state index contributed by atoms with van der Waals surface area (Å²) >= 11 is 0. The molecule has 1 aliphatic heterocycles. The van der Waals surface area contributed by atoms with Crippen molar-refractivity contribution in [3.05, 3.63) is 29.6 Å². The van der Waals surface area contributed by atoms with Gasteiger partial charge in [-0.15, -0.1) is 5.10 Å². The van der Waals surface area contributed by atoms with Crippen LogP contribution in [0.2, 0.25) is 0 Å². The molecule has 0 amide bonds. The summed E-state index contributed by atoms with van der Waals surface area (Å²) < 4.78 is 48.5. The molecule has 0 aromatic carbocycles. The Labute approximate surface area is 191 Å². The van der Waals surface area contributed by atoms with Crippen molar-refractivity contribution < 1.29 is 17.9 Å². The van der Waals surface area contributed by atoms with Gasteiger partial charge in [0.15, 0.2) is 17.1 Å². The number of nitrogens with one attached hydrogen (secondary N) is 3. The molecule has 1 atom stereocenters. The maximum absolute atomic E-state index is 13.9. The van der Waals surface area contributed by atoms with Crippen LogP contribution in [0.4, 0.5) is 19.1 Å². The number of ether oxygens (including phenoxy) is 1. The van der Waals surface area contributed by atoms with Crippen LogP contribution in [0.15, 0.2) is 18.3 Å². The van der Waals surface area contributed by atoms with Gasteiger partial charge in [-0.3, -0.25) is 5.10 Å². The quantitative estimate of drug-likeness (QED) is 0.405. The third-order valence-corrected chi connectivity index (χ3v) is 5.62. The molecule has 3 N–H and O–H groups in total. The van der Waals surface area contributed by atoms with Crippen molar-refractivity contribution in [3.8, 4) is 23.2 Å². The number of aromatic nitrogens is 6. The smallest absolute Gasteiger partial charge is 0.420 e. The highest BCUT2D eigenvalue weighted by molar-refractivity contribution is 6.03. The Hall–Kier alpha value is -3.92. The van der Waals surface area contributed by atoms with Gasteiger partial charge in [0, 0.05) is 18.8 Å². The number of fused-ring (bicyclic) bond motifs is 3. The Morgan fingerprint density at radius 2 is 2.18 bits per heavy atom. The molecule has 34 heavy (non-hydrogen) atoms. The Morgan fingerprint density at radius 3 is 2.88 bits per heavy atom. The summed E-state index contributed by atoms with van der Waals surface area (Å²) in [6.07, 6.45) is -2.14. The number of hydrogen-bond donors (Lipinski definition) is 3. The van der Waals surface area contributed by atoms with Gasteiger partial charge in [0.25, 0.3) is 0 Å². The molecule has 0 unspecified atom stereocenters. The maximum Gasteiger partial charge on any atom is 0.420 e. The number of nitriles is 1. The normalized spacial score (nSPS) is 16.6. The zero-order valence-electron chi connectivity index (χ0n) is 18.1. The van der Waals surface area contributed by atoms with Crippen LogP contribution in [0.3, 0.4) is 0 Å². The van der Waals surface area contributed by atoms with Crippen LogP contribution in [0, 0.1) is 11.3 Å². The molecule has 0 saturated carbocycles. The predicted molar refractivity (Wildman–Crippen MR) is 116 cm³/mol. The van der Waals surface area contributed by atoms with Crippen molar-refractivity contribution in [2.24, 2.45) is 0 Å². The lowest BCUT2D eigenvalue weighted by atomic mass is 10.1. The van der Waals surface area contributed by atoms with Gasteiger partial charge in [0.05, 0.1) is 17.5 Å². The molecule has 10 nitrogen and oxygen atoms in total. The van der Waals surface area contributed by atoms with Gasteiger partial charge >= 0.3 is 6.18 Å². The second-order valence-corrected chi connectivity index (χ2v) is 7.83. The van der Waals surface area contributed by atoms with Crippen molar-refractivity contribution >= 4 is 22.5 Å². The first-order chi connectivity index (χ1) is 16.4. The average molecular weight is 471 g/mol. The van der Waals surface area contributed by atoms with Crippen molar-refractivity contribution in [1.82, 2.24) is 35.1 Å². The summed E-state index contributed by atoms with van der Waals surface area (Å²) in [4.78, 5) is 8.13. The number of aromatic amines is 1. The zero-order chi connectivity index (χ0) is 23.9. The summed E-state index contributed by atoms with van der Waals surface area (Å²) in [5.41, 5.74) is -0.672. The van der Waals surface area contributed by atoms with E-state index in [1.54, 1.807) is 19.1 Å². The molecule has 0 aliphatic carbocycles. The van der Waals surface area contributed by atoms with Crippen molar-refractivity contribution in [2.75, 3.05) is 25.0 Å². The van der Waals surface area contributed by atoms with Crippen LogP contribution >= 0.6 is 0 Å². The molecule has 0 radical (unpaired) electrons. The second-order valence-electron chi connectivity index (χ2n) is 7.83. The molecule has 4 aromatic heterocycles. The van der Waals surface area contributed by atoms with Crippen LogP contribution in [-0.2, 0) is 6.18 Å². The minimum absolute atomic E-state index is 0.00434. The first-order valence-corrected chi connectivity index (χ1v) is 10.7. The van der Waals surface area contributed by atoms with E-state index in [0.29, 0.717) is 29.8 Å². The summed E-state index contributed by atoms with van der Waals surface area (Å²) in [6, 6.07) is 5.26. The van der Waals surface area contributed by atoms with Gasteiger partial charge in [0.1, 0.15) is 23.0 Å². The van der Waals surface area contributed by atoms with Gasteiger partial charge in [-0.25, -0.2) is 14.5 Å². The predicted octanol–water partition coefficient (Wildman–Crippen LogP) is 3.12. The monoisotopic (exact) mass is 471 g/mol. The van der Waals surface area contributed by atoms with Crippen molar-refractivity contribution in [2.45, 2.75) is 32.0 Å². The third kappa shape index (κ3) is 3.75. The first-order valence-electron chi connectivity index (χ1n) is 10.7. The molecule has 5 rings (SSSR count). The van der Waals surface area contributed by atoms with Gasteiger partial charge in [0.2, 0.25) is 5.95 Å². The van der Waals surface area contributed by atoms with E-state index in [0.717, 1.165) is 25.6 Å². The minimum Gasteiger partial charge on any atom is -0.491 e. The van der Waals surface area contributed by atoms with Crippen LogP contribution in [0.5, 0.6) is 5.75 Å². The van der Waals surface area contributed by atoms with Gasteiger partial charge in [-0.1, -0.05) is 0 Å². The van der Waals surface area contributed by atoms with Crippen LogP contribution in [-0.4, -0.2) is 55.5 Å². The van der Waals surface area contributed by atoms with E-state index in [2.05, 4.69) is 35.9 Å². The Morgan fingerprint density at radius 1 is 1.32 bits per heavy atom. The SMILES string of the molecule is CCOc1ccc2c3c(-c4nc(N[C@H]5CCCNC5)ncc4C(F)(F)F)n[nH]c3nn2c1C#N. The van der Waals surface area contributed by atoms with Crippen LogP contribution in [0.25, 0.3) is 27.9 Å². The Balaban J connectivity index is 1.68. The topological polar surface area (TPSA) is 129 Å². The fraction of sp³-hybridized carbons (Fsp3) is 0.381. The zero-order valence-corrected chi connectivity index (χ0v) is 18.1. The standard InChI is InChI=1S/C21H20F3N9O/c1-2-34-15-6-5-13-16-18(30-31-19(16)32-33(13)14(15)8-25)17-12(21(22,23)24)10-27-20(29-17)28-11-4-3-7-26-9-11/h5-6,10-11,26H,2-4,7,9H2,1H3,(H,31,32)(H,27,28,29)/t11-/m0/s1. The Bertz CT molecular complexity index is 1400. The lowest BCUT2D eigenvalue weighted by molar-refractivity contribution is -0.137. The van der Waals surface area contributed by atoms with Gasteiger partial charge in [-0.2, -0.15) is 23.5 Å². The van der Waals surface area contributed by atoms with E-state index in [1.807, 2.05) is 6.07 Å². The number of nitrogens with zero attached hydrogens (tertiary/aromatic N) is 6. The Kier molecular flexibility index (Phi) is 5.45. The highest BCUT2D eigenvalue weighted by Crippen LogP contribution is 2.39. The number of rotatable bonds is 5. The highest BCUT2D eigenvalue weighted by Gasteiger charge is 2.37. The average Bonchev–Trinajstić information content (AvgIpc) is 3.38. The summed E-state index contributed by atoms with van der Waals surface area (Å²) in [6.45, 7) is 3.68. The number of anilines is 1. The summed E-state index contributed by atoms with van der Waals surface area (Å²) in [7, 11) is 0. The molecule has 176 valence electrons. The molecule has 5 heterocycles. The number of pyridine rings is 1. The molecule has 0 spiro atoms. The van der Waals surface area contributed by atoms with Gasteiger partial charge < -0.3 is 15.4 Å². The maximum atomic E-state index is 13.9. The number of H-pyrrole nitrogens is 1. The fourth-order valence-electron chi connectivity index (χ4n) is 4.11. The largest absolute Gasteiger partial charge is 0.491 e. The van der Waals surface area contributed by atoms with Crippen LogP contribution < -0.4 is 15.4 Å².